The van der Waals surface area contributed by atoms with Crippen molar-refractivity contribution in [3.8, 4) is 0 Å². The molecule has 4 nitrogen and oxygen atoms in total. The van der Waals surface area contributed by atoms with E-state index in [2.05, 4.69) is 10.6 Å². The number of imide groups is 1. The number of benzene rings is 1. The zero-order valence-electron chi connectivity index (χ0n) is 9.57. The molecule has 1 atom stereocenters. The van der Waals surface area contributed by atoms with Gasteiger partial charge in [0, 0.05) is 17.8 Å². The highest BCUT2D eigenvalue weighted by atomic mass is 16.2. The van der Waals surface area contributed by atoms with Gasteiger partial charge in [-0.15, -0.1) is 0 Å². The molecular formula is C13H14N2O2. The molecule has 0 aromatic heterocycles. The minimum atomic E-state index is -0.303. The Hall–Kier alpha value is -2.10. The van der Waals surface area contributed by atoms with E-state index in [-0.39, 0.29) is 24.3 Å². The molecule has 1 heterocycles. The van der Waals surface area contributed by atoms with E-state index in [1.807, 2.05) is 37.3 Å². The lowest BCUT2D eigenvalue weighted by molar-refractivity contribution is -0.124. The van der Waals surface area contributed by atoms with Crippen LogP contribution in [0.5, 0.6) is 0 Å². The van der Waals surface area contributed by atoms with Crippen LogP contribution in [0.1, 0.15) is 24.9 Å². The Balaban J connectivity index is 2.01. The normalized spacial score (nSPS) is 19.2. The first-order valence-electron chi connectivity index (χ1n) is 5.51. The van der Waals surface area contributed by atoms with E-state index in [1.165, 1.54) is 0 Å². The molecular weight excluding hydrogens is 216 g/mol. The molecule has 2 amide bonds. The van der Waals surface area contributed by atoms with Crippen molar-refractivity contribution in [3.63, 3.8) is 0 Å². The van der Waals surface area contributed by atoms with Gasteiger partial charge in [0.25, 0.3) is 5.91 Å². The quantitative estimate of drug-likeness (QED) is 0.607. The van der Waals surface area contributed by atoms with Crippen molar-refractivity contribution in [3.05, 3.63) is 47.7 Å². The molecule has 0 bridgehead atoms. The van der Waals surface area contributed by atoms with E-state index in [0.717, 1.165) is 5.56 Å². The summed E-state index contributed by atoms with van der Waals surface area (Å²) in [7, 11) is 0. The van der Waals surface area contributed by atoms with Crippen molar-refractivity contribution in [1.82, 2.24) is 10.6 Å². The van der Waals surface area contributed by atoms with Crippen LogP contribution >= 0.6 is 0 Å². The minimum Gasteiger partial charge on any atom is -0.384 e. The molecule has 0 spiro atoms. The van der Waals surface area contributed by atoms with Crippen molar-refractivity contribution in [2.45, 2.75) is 19.4 Å². The van der Waals surface area contributed by atoms with Crippen molar-refractivity contribution in [2.24, 2.45) is 0 Å². The number of hydrogen-bond acceptors (Lipinski definition) is 3. The van der Waals surface area contributed by atoms with Gasteiger partial charge >= 0.3 is 0 Å². The van der Waals surface area contributed by atoms with E-state index < -0.39 is 0 Å². The Bertz CT molecular complexity index is 466. The lowest BCUT2D eigenvalue weighted by atomic mass is 10.1. The smallest absolute Gasteiger partial charge is 0.255 e. The minimum absolute atomic E-state index is 0.104. The summed E-state index contributed by atoms with van der Waals surface area (Å²) in [6, 6.07) is 10.0. The Morgan fingerprint density at radius 1 is 1.29 bits per heavy atom. The van der Waals surface area contributed by atoms with Gasteiger partial charge in [-0.1, -0.05) is 30.3 Å². The zero-order chi connectivity index (χ0) is 12.3. The maximum absolute atomic E-state index is 11.3. The number of rotatable bonds is 3. The molecule has 17 heavy (non-hydrogen) atoms. The molecule has 1 aliphatic heterocycles. The SMILES string of the molecule is C[C@H](N/C=C1/CC(=O)NC1=O)c1ccccc1. The topological polar surface area (TPSA) is 58.2 Å². The first kappa shape index (κ1) is 11.4. The summed E-state index contributed by atoms with van der Waals surface area (Å²) < 4.78 is 0. The second-order valence-electron chi connectivity index (χ2n) is 4.02. The third-order valence-electron chi connectivity index (χ3n) is 2.70. The van der Waals surface area contributed by atoms with Crippen LogP contribution < -0.4 is 10.6 Å². The first-order valence-corrected chi connectivity index (χ1v) is 5.51. The van der Waals surface area contributed by atoms with Crippen LogP contribution in [0.25, 0.3) is 0 Å². The Morgan fingerprint density at radius 2 is 2.00 bits per heavy atom. The Labute approximate surface area is 99.7 Å². The highest BCUT2D eigenvalue weighted by molar-refractivity contribution is 6.13. The molecule has 1 aromatic rings. The van der Waals surface area contributed by atoms with Gasteiger partial charge in [0.1, 0.15) is 0 Å². The van der Waals surface area contributed by atoms with Crippen LogP contribution in [0.2, 0.25) is 0 Å². The standard InChI is InChI=1S/C13H14N2O2/c1-9(10-5-3-2-4-6-10)14-8-11-7-12(16)15-13(11)17/h2-6,8-9,14H,7H2,1H3,(H,15,16,17)/b11-8-/t9-/m0/s1. The van der Waals surface area contributed by atoms with Crippen LogP contribution in [0.15, 0.2) is 42.1 Å². The molecule has 0 saturated carbocycles. The number of nitrogens with one attached hydrogen (secondary N) is 2. The largest absolute Gasteiger partial charge is 0.384 e. The summed E-state index contributed by atoms with van der Waals surface area (Å²) >= 11 is 0. The fourth-order valence-corrected chi connectivity index (χ4v) is 1.68. The highest BCUT2D eigenvalue weighted by Gasteiger charge is 2.23. The lowest BCUT2D eigenvalue weighted by Crippen LogP contribution is -2.20. The van der Waals surface area contributed by atoms with Crippen molar-refractivity contribution in [2.75, 3.05) is 0 Å². The van der Waals surface area contributed by atoms with Gasteiger partial charge < -0.3 is 5.32 Å². The summed E-state index contributed by atoms with van der Waals surface area (Å²) in [6.45, 7) is 2.00. The van der Waals surface area contributed by atoms with Gasteiger partial charge in [0.05, 0.1) is 6.42 Å². The fourth-order valence-electron chi connectivity index (χ4n) is 1.68. The molecule has 2 rings (SSSR count). The predicted molar refractivity (Wildman–Crippen MR) is 63.8 cm³/mol. The van der Waals surface area contributed by atoms with Gasteiger partial charge in [0.15, 0.2) is 0 Å². The number of amides is 2. The lowest BCUT2D eigenvalue weighted by Gasteiger charge is -2.12. The number of hydrogen-bond donors (Lipinski definition) is 2. The Morgan fingerprint density at radius 3 is 2.59 bits per heavy atom. The fraction of sp³-hybridized carbons (Fsp3) is 0.231. The van der Waals surface area contributed by atoms with Crippen LogP contribution in [0.4, 0.5) is 0 Å². The maximum atomic E-state index is 11.3. The molecule has 1 aliphatic rings. The molecule has 2 N–H and O–H groups in total. The third kappa shape index (κ3) is 2.72. The van der Waals surface area contributed by atoms with Gasteiger partial charge in [-0.25, -0.2) is 0 Å². The van der Waals surface area contributed by atoms with E-state index in [0.29, 0.717) is 5.57 Å². The van der Waals surface area contributed by atoms with E-state index in [1.54, 1.807) is 6.20 Å². The van der Waals surface area contributed by atoms with Crippen LogP contribution in [-0.2, 0) is 9.59 Å². The second kappa shape index (κ2) is 4.82. The Kier molecular flexibility index (Phi) is 3.23. The molecule has 0 unspecified atom stereocenters. The molecule has 4 heteroatoms. The summed E-state index contributed by atoms with van der Waals surface area (Å²) in [5.74, 6) is -0.543. The molecule has 1 aromatic carbocycles. The molecule has 0 radical (unpaired) electrons. The first-order chi connectivity index (χ1) is 8.16. The highest BCUT2D eigenvalue weighted by Crippen LogP contribution is 2.13. The summed E-state index contributed by atoms with van der Waals surface area (Å²) in [5.41, 5.74) is 1.62. The summed E-state index contributed by atoms with van der Waals surface area (Å²) in [4.78, 5) is 22.3. The van der Waals surface area contributed by atoms with Crippen molar-refractivity contribution in [1.29, 1.82) is 0 Å². The van der Waals surface area contributed by atoms with Crippen molar-refractivity contribution < 1.29 is 9.59 Å². The van der Waals surface area contributed by atoms with Crippen LogP contribution in [0, 0.1) is 0 Å². The van der Waals surface area contributed by atoms with Crippen LogP contribution in [0.3, 0.4) is 0 Å². The van der Waals surface area contributed by atoms with Crippen molar-refractivity contribution >= 4 is 11.8 Å². The summed E-state index contributed by atoms with van der Waals surface area (Å²) in [5, 5.41) is 5.36. The molecule has 0 aliphatic carbocycles. The van der Waals surface area contributed by atoms with Gasteiger partial charge in [-0.3, -0.25) is 14.9 Å². The van der Waals surface area contributed by atoms with E-state index >= 15 is 0 Å². The van der Waals surface area contributed by atoms with Crippen LogP contribution in [-0.4, -0.2) is 11.8 Å². The molecule has 88 valence electrons. The second-order valence-corrected chi connectivity index (χ2v) is 4.02. The van der Waals surface area contributed by atoms with E-state index in [9.17, 15) is 9.59 Å². The average Bonchev–Trinajstić information content (AvgIpc) is 2.66. The maximum Gasteiger partial charge on any atom is 0.255 e. The predicted octanol–water partition coefficient (Wildman–Crippen LogP) is 1.27. The molecule has 1 saturated heterocycles. The number of carbonyl (C=O) groups excluding carboxylic acids is 2. The van der Waals surface area contributed by atoms with Gasteiger partial charge in [-0.05, 0) is 12.5 Å². The van der Waals surface area contributed by atoms with Gasteiger partial charge in [-0.2, -0.15) is 0 Å². The number of carbonyl (C=O) groups is 2. The summed E-state index contributed by atoms with van der Waals surface area (Å²) in [6.07, 6.45) is 1.78. The van der Waals surface area contributed by atoms with E-state index in [4.69, 9.17) is 0 Å². The van der Waals surface area contributed by atoms with Gasteiger partial charge in [0.2, 0.25) is 5.91 Å². The average molecular weight is 230 g/mol. The third-order valence-corrected chi connectivity index (χ3v) is 2.70. The zero-order valence-corrected chi connectivity index (χ0v) is 9.57. The molecule has 1 fully saturated rings. The monoisotopic (exact) mass is 230 g/mol.